The van der Waals surface area contributed by atoms with Crippen molar-refractivity contribution in [2.75, 3.05) is 14.2 Å². The van der Waals surface area contributed by atoms with E-state index in [9.17, 15) is 9.59 Å². The van der Waals surface area contributed by atoms with Crippen LogP contribution in [0.15, 0.2) is 441 Å². The second kappa shape index (κ2) is 55.5. The minimum absolute atomic E-state index is 0. The molecule has 2 heterocycles. The van der Waals surface area contributed by atoms with Gasteiger partial charge in [0.05, 0.1) is 27.1 Å². The molecule has 0 spiro atoms. The van der Waals surface area contributed by atoms with Gasteiger partial charge in [-0.05, 0) is 163 Å². The second-order valence-electron chi connectivity index (χ2n) is 25.4. The maximum Gasteiger partial charge on any atom is 1.00 e. The molecule has 0 amide bonds. The average molecular weight is 1830 g/mol. The fourth-order valence-electron chi connectivity index (χ4n) is 11.9. The van der Waals surface area contributed by atoms with Gasteiger partial charge in [-0.1, -0.05) is 422 Å². The molecule has 0 aliphatic rings. The SMILES string of the molecule is COC(=O)Cc1ccccc1-c1ccc(C)s1.COC(=O)Cc1ccccc1Br.Cc1ccc(C)s1.O=CO[O-].[Na+].[Pd].c1ccc(P(c2ccccc2)c2ccccc2)cc1.c1ccc(P(c2ccccc2)c2ccccc2)cc1.c1ccc(P(c2ccccc2)c2ccccc2)cc1.c1ccc(P(c2ccccc2)c2ccccc2)cc1. The minimum atomic E-state index is -0.446. The molecule has 118 heavy (non-hydrogen) atoms. The number of rotatable bonds is 18. The van der Waals surface area contributed by atoms with Crippen LogP contribution in [0.4, 0.5) is 0 Å². The Bertz CT molecular complexity index is 4520. The summed E-state index contributed by atoms with van der Waals surface area (Å²) in [6.45, 7) is 6.15. The van der Waals surface area contributed by atoms with Crippen molar-refractivity contribution < 1.29 is 84.0 Å². The Morgan fingerprint density at radius 2 is 0.483 bits per heavy atom. The van der Waals surface area contributed by atoms with Gasteiger partial charge >= 0.3 is 41.5 Å². The normalized spacial score (nSPS) is 9.99. The fourth-order valence-corrected chi connectivity index (χ4v) is 23.2. The van der Waals surface area contributed by atoms with Crippen LogP contribution in [0.25, 0.3) is 10.4 Å². The van der Waals surface area contributed by atoms with Crippen LogP contribution in [0, 0.1) is 20.8 Å². The quantitative estimate of drug-likeness (QED) is 0.0211. The largest absolute Gasteiger partial charge is 1.00 e. The van der Waals surface area contributed by atoms with E-state index in [1.165, 1.54) is 97.4 Å². The monoisotopic (exact) mass is 1820 g/mol. The molecular weight excluding hydrogens is 1730 g/mol. The Hall–Kier alpha value is -9.29. The molecule has 0 aliphatic carbocycles. The first-order chi connectivity index (χ1) is 56.9. The van der Waals surface area contributed by atoms with Crippen molar-refractivity contribution in [2.45, 2.75) is 33.6 Å². The number of carbonyl (C=O) groups excluding carboxylic acids is 3. The number of hydrogen-bond donors (Lipinski definition) is 0. The summed E-state index contributed by atoms with van der Waals surface area (Å²) in [5.41, 5.74) is 3.08. The van der Waals surface area contributed by atoms with Gasteiger partial charge in [-0.25, -0.2) is 0 Å². The van der Waals surface area contributed by atoms with E-state index in [1.807, 2.05) is 59.9 Å². The van der Waals surface area contributed by atoms with Gasteiger partial charge in [-0.2, -0.15) is 0 Å². The van der Waals surface area contributed by atoms with Gasteiger partial charge in [-0.3, -0.25) is 14.4 Å². The summed E-state index contributed by atoms with van der Waals surface area (Å²) in [5, 5.41) is 25.2. The molecule has 0 radical (unpaired) electrons. The van der Waals surface area contributed by atoms with E-state index in [-0.39, 0.29) is 68.4 Å². The number of esters is 2. The zero-order valence-corrected chi connectivity index (χ0v) is 77.1. The zero-order valence-electron chi connectivity index (χ0n) is 66.7. The Kier molecular flexibility index (Phi) is 45.1. The topological polar surface area (TPSA) is 102 Å². The first-order valence-electron chi connectivity index (χ1n) is 37.5. The molecule has 0 atom stereocenters. The summed E-state index contributed by atoms with van der Waals surface area (Å²) in [4.78, 5) is 38.8. The third kappa shape index (κ3) is 32.4. The molecule has 0 saturated carbocycles. The van der Waals surface area contributed by atoms with Gasteiger partial charge < -0.3 is 19.6 Å². The second-order valence-corrected chi connectivity index (χ2v) is 37.9. The summed E-state index contributed by atoms with van der Waals surface area (Å²) in [5.74, 6) is -0.423. The summed E-state index contributed by atoms with van der Waals surface area (Å²) >= 11 is 6.93. The number of carbonyl (C=O) groups is 3. The van der Waals surface area contributed by atoms with E-state index in [1.54, 1.807) is 11.3 Å². The molecule has 7 nitrogen and oxygen atoms in total. The third-order valence-electron chi connectivity index (χ3n) is 17.2. The maximum atomic E-state index is 11.4. The molecule has 592 valence electrons. The Morgan fingerprint density at radius 3 is 0.669 bits per heavy atom. The number of halogens is 1. The van der Waals surface area contributed by atoms with Gasteiger partial charge in [0.2, 0.25) is 0 Å². The summed E-state index contributed by atoms with van der Waals surface area (Å²) < 4.78 is 10.2. The van der Waals surface area contributed by atoms with Crippen LogP contribution in [0.2, 0.25) is 0 Å². The maximum absolute atomic E-state index is 11.4. The average Bonchev–Trinajstić information content (AvgIpc) is 1.11. The molecule has 16 rings (SSSR count). The molecule has 16 aromatic rings. The van der Waals surface area contributed by atoms with Crippen molar-refractivity contribution >= 4 is 152 Å². The smallest absolute Gasteiger partial charge is 0.662 e. The molecule has 0 saturated heterocycles. The summed E-state index contributed by atoms with van der Waals surface area (Å²) in [6.07, 6.45) is 0.640. The summed E-state index contributed by atoms with van der Waals surface area (Å²) in [6, 6.07) is 153. The molecule has 2 aromatic heterocycles. The Labute approximate surface area is 754 Å². The fraction of sp³-hybridized carbons (Fsp3) is 0.0686. The molecule has 0 fully saturated rings. The van der Waals surface area contributed by atoms with Crippen LogP contribution in [-0.4, -0.2) is 32.6 Å². The van der Waals surface area contributed by atoms with Crippen molar-refractivity contribution in [3.05, 3.63) is 467 Å². The molecule has 0 aliphatic heterocycles. The van der Waals surface area contributed by atoms with Gasteiger partial charge in [0.25, 0.3) is 6.47 Å². The van der Waals surface area contributed by atoms with Crippen molar-refractivity contribution in [3.63, 3.8) is 0 Å². The van der Waals surface area contributed by atoms with E-state index in [4.69, 9.17) is 14.8 Å². The molecule has 14 aromatic carbocycles. The van der Waals surface area contributed by atoms with Crippen molar-refractivity contribution in [2.24, 2.45) is 0 Å². The van der Waals surface area contributed by atoms with E-state index < -0.39 is 31.7 Å². The van der Waals surface area contributed by atoms with Crippen molar-refractivity contribution in [3.8, 4) is 10.4 Å². The summed E-state index contributed by atoms with van der Waals surface area (Å²) in [7, 11) is 1.02. The number of aryl methyl sites for hydroxylation is 3. The van der Waals surface area contributed by atoms with Crippen LogP contribution < -0.4 is 98.5 Å². The first kappa shape index (κ1) is 95.8. The third-order valence-corrected chi connectivity index (χ3v) is 29.7. The number of thiophene rings is 2. The van der Waals surface area contributed by atoms with Crippen LogP contribution in [0.5, 0.6) is 0 Å². The number of ether oxygens (including phenoxy) is 2. The van der Waals surface area contributed by atoms with Gasteiger partial charge in [0, 0.05) is 44.4 Å². The van der Waals surface area contributed by atoms with E-state index in [0.29, 0.717) is 12.8 Å². The van der Waals surface area contributed by atoms with Crippen molar-refractivity contribution in [1.29, 1.82) is 0 Å². The van der Waals surface area contributed by atoms with E-state index >= 15 is 0 Å². The van der Waals surface area contributed by atoms with Crippen molar-refractivity contribution in [1.82, 2.24) is 0 Å². The van der Waals surface area contributed by atoms with Gasteiger partial charge in [-0.15, -0.1) is 22.7 Å². The zero-order chi connectivity index (χ0) is 81.6. The van der Waals surface area contributed by atoms with Crippen LogP contribution in [-0.2, 0) is 62.0 Å². The number of methoxy groups -OCH3 is 2. The van der Waals surface area contributed by atoms with E-state index in [2.05, 4.69) is 435 Å². The molecule has 0 unspecified atom stereocenters. The van der Waals surface area contributed by atoms with Crippen LogP contribution in [0.1, 0.15) is 25.8 Å². The molecule has 0 N–H and O–H groups in total. The van der Waals surface area contributed by atoms with E-state index in [0.717, 1.165) is 21.2 Å². The van der Waals surface area contributed by atoms with Crippen LogP contribution >= 0.6 is 70.3 Å². The number of benzene rings is 14. The van der Waals surface area contributed by atoms with Crippen LogP contribution in [0.3, 0.4) is 0 Å². The molecule has 16 heteroatoms. The minimum Gasteiger partial charge on any atom is -0.662 e. The number of hydrogen-bond acceptors (Lipinski definition) is 9. The van der Waals surface area contributed by atoms with Gasteiger partial charge in [0.15, 0.2) is 0 Å². The van der Waals surface area contributed by atoms with Gasteiger partial charge in [0.1, 0.15) is 0 Å². The first-order valence-corrected chi connectivity index (χ1v) is 45.3. The Balaban J connectivity index is 0.000000191. The Morgan fingerprint density at radius 1 is 0.297 bits per heavy atom. The predicted octanol–water partition coefficient (Wildman–Crippen LogP) is 17.2. The molecular formula is C102H92BrNaO7P4PdS2. The predicted molar refractivity (Wildman–Crippen MR) is 502 cm³/mol. The molecule has 0 bridgehead atoms. The standard InChI is InChI=1S/4C18H15P.C14H14O2S.C9H9BrO2.C6H8S.CH2O3.Na.Pd/c4*1-4-10-16(11-5-1)19(17-12-6-2-7-13-17)18-14-8-3-9-15-18;1-10-7-8-13(17-10)12-6-4-3-5-11(12)9-14(15)16-2;1-12-9(11)6-7-4-2-3-5-8(7)10;1-5-3-4-6(2)7-5;2-1-4-3;;/h4*1-15H;3-8H,9H2,1-2H3;2-5H,6H2,1H3;3-4H,1-2H3;1,3H;;/q;;;;;;;;+1;/p-1.